The quantitative estimate of drug-likeness (QED) is 0.398. The number of hydrogen-bond acceptors (Lipinski definition) is 5. The first-order chi connectivity index (χ1) is 18.1. The lowest BCUT2D eigenvalue weighted by Gasteiger charge is -2.32. The van der Waals surface area contributed by atoms with Crippen molar-refractivity contribution in [3.63, 3.8) is 0 Å². The number of carbonyl (C=O) groups excluding carboxylic acids is 2. The van der Waals surface area contributed by atoms with Crippen LogP contribution in [-0.2, 0) is 26.2 Å². The van der Waals surface area contributed by atoms with Crippen LogP contribution in [0.2, 0.25) is 0 Å². The molecule has 0 fully saturated rings. The maximum Gasteiger partial charge on any atom is 0.264 e. The number of rotatable bonds is 11. The highest BCUT2D eigenvalue weighted by molar-refractivity contribution is 7.92. The standard InChI is InChI=1S/C29H35N3O5S/c1-6-30-29(34)23(4)31(19-24-11-7-21(2)8-12-24)28(33)20-32(25-13-9-22(3)10-14-25)38(35,36)27-17-15-26(37-5)16-18-27/h7-18,23H,6,19-20H2,1-5H3,(H,30,34)/t23-/m1/s1. The Bertz CT molecular complexity index is 1340. The van der Waals surface area contributed by atoms with Gasteiger partial charge in [-0.05, 0) is 69.7 Å². The summed E-state index contributed by atoms with van der Waals surface area (Å²) in [6, 6.07) is 19.8. The van der Waals surface area contributed by atoms with E-state index in [2.05, 4.69) is 5.32 Å². The second-order valence-electron chi connectivity index (χ2n) is 9.10. The number of amides is 2. The van der Waals surface area contributed by atoms with Gasteiger partial charge in [-0.3, -0.25) is 13.9 Å². The van der Waals surface area contributed by atoms with Gasteiger partial charge in [0.2, 0.25) is 11.8 Å². The van der Waals surface area contributed by atoms with Crippen molar-refractivity contribution in [1.29, 1.82) is 0 Å². The van der Waals surface area contributed by atoms with Gasteiger partial charge in [0, 0.05) is 13.1 Å². The SMILES string of the molecule is CCNC(=O)[C@@H](C)N(Cc1ccc(C)cc1)C(=O)CN(c1ccc(C)cc1)S(=O)(=O)c1ccc(OC)cc1. The summed E-state index contributed by atoms with van der Waals surface area (Å²) in [6.45, 7) is 7.40. The van der Waals surface area contributed by atoms with E-state index in [0.717, 1.165) is 21.0 Å². The molecule has 0 aromatic heterocycles. The number of hydrogen-bond donors (Lipinski definition) is 1. The second-order valence-corrected chi connectivity index (χ2v) is 11.0. The number of aryl methyl sites for hydroxylation is 2. The van der Waals surface area contributed by atoms with Crippen LogP contribution in [0.1, 0.15) is 30.5 Å². The summed E-state index contributed by atoms with van der Waals surface area (Å²) in [7, 11) is -2.63. The van der Waals surface area contributed by atoms with E-state index in [1.165, 1.54) is 24.1 Å². The van der Waals surface area contributed by atoms with Crippen molar-refractivity contribution in [2.24, 2.45) is 0 Å². The summed E-state index contributed by atoms with van der Waals surface area (Å²) in [4.78, 5) is 28.0. The molecule has 9 heteroatoms. The van der Waals surface area contributed by atoms with E-state index in [-0.39, 0.29) is 17.3 Å². The highest BCUT2D eigenvalue weighted by Gasteiger charge is 2.32. The number of likely N-dealkylation sites (N-methyl/N-ethyl adjacent to an activating group) is 1. The lowest BCUT2D eigenvalue weighted by Crippen LogP contribution is -2.51. The van der Waals surface area contributed by atoms with Gasteiger partial charge in [0.1, 0.15) is 18.3 Å². The van der Waals surface area contributed by atoms with Crippen LogP contribution in [-0.4, -0.2) is 51.4 Å². The lowest BCUT2D eigenvalue weighted by molar-refractivity contribution is -0.139. The topological polar surface area (TPSA) is 96.0 Å². The molecule has 0 saturated carbocycles. The molecule has 3 aromatic carbocycles. The van der Waals surface area contributed by atoms with E-state index < -0.39 is 28.5 Å². The lowest BCUT2D eigenvalue weighted by atomic mass is 10.1. The van der Waals surface area contributed by atoms with Crippen molar-refractivity contribution in [3.8, 4) is 5.75 Å². The first-order valence-electron chi connectivity index (χ1n) is 12.4. The zero-order chi connectivity index (χ0) is 27.9. The van der Waals surface area contributed by atoms with E-state index in [1.807, 2.05) is 38.1 Å². The summed E-state index contributed by atoms with van der Waals surface area (Å²) in [5, 5.41) is 2.76. The molecular formula is C29H35N3O5S. The molecule has 3 rings (SSSR count). The van der Waals surface area contributed by atoms with Gasteiger partial charge >= 0.3 is 0 Å². The Morgan fingerprint density at radius 1 is 0.895 bits per heavy atom. The van der Waals surface area contributed by atoms with Crippen LogP contribution < -0.4 is 14.4 Å². The van der Waals surface area contributed by atoms with Gasteiger partial charge in [0.25, 0.3) is 10.0 Å². The largest absolute Gasteiger partial charge is 0.497 e. The minimum absolute atomic E-state index is 0.0218. The Morgan fingerprint density at radius 3 is 1.97 bits per heavy atom. The Labute approximate surface area is 225 Å². The Morgan fingerprint density at radius 2 is 1.45 bits per heavy atom. The minimum atomic E-state index is -4.13. The number of methoxy groups -OCH3 is 1. The van der Waals surface area contributed by atoms with Gasteiger partial charge < -0.3 is 15.0 Å². The zero-order valence-electron chi connectivity index (χ0n) is 22.5. The van der Waals surface area contributed by atoms with Crippen LogP contribution in [0.5, 0.6) is 5.75 Å². The highest BCUT2D eigenvalue weighted by atomic mass is 32.2. The summed E-state index contributed by atoms with van der Waals surface area (Å²) < 4.78 is 33.9. The molecule has 0 saturated heterocycles. The molecule has 1 atom stereocenters. The fraction of sp³-hybridized carbons (Fsp3) is 0.310. The fourth-order valence-corrected chi connectivity index (χ4v) is 5.32. The molecule has 1 N–H and O–H groups in total. The van der Waals surface area contributed by atoms with Crippen LogP contribution in [0.4, 0.5) is 5.69 Å². The van der Waals surface area contributed by atoms with Gasteiger partial charge in [-0.15, -0.1) is 0 Å². The molecule has 38 heavy (non-hydrogen) atoms. The Kier molecular flexibility index (Phi) is 9.52. The van der Waals surface area contributed by atoms with Crippen molar-refractivity contribution in [2.45, 2.75) is 45.2 Å². The van der Waals surface area contributed by atoms with E-state index in [4.69, 9.17) is 4.74 Å². The molecule has 3 aromatic rings. The third-order valence-corrected chi connectivity index (χ3v) is 8.03. The molecule has 2 amide bonds. The van der Waals surface area contributed by atoms with Gasteiger partial charge in [-0.1, -0.05) is 47.5 Å². The predicted octanol–water partition coefficient (Wildman–Crippen LogP) is 4.06. The molecule has 0 aliphatic carbocycles. The monoisotopic (exact) mass is 537 g/mol. The van der Waals surface area contributed by atoms with Gasteiger partial charge in [0.15, 0.2) is 0 Å². The first-order valence-corrected chi connectivity index (χ1v) is 13.9. The van der Waals surface area contributed by atoms with Crippen molar-refractivity contribution in [3.05, 3.63) is 89.5 Å². The smallest absolute Gasteiger partial charge is 0.264 e. The number of ether oxygens (including phenoxy) is 1. The van der Waals surface area contributed by atoms with Crippen molar-refractivity contribution in [2.75, 3.05) is 24.5 Å². The number of nitrogens with one attached hydrogen (secondary N) is 1. The number of nitrogens with zero attached hydrogens (tertiary/aromatic N) is 2. The highest BCUT2D eigenvalue weighted by Crippen LogP contribution is 2.26. The Hall–Kier alpha value is -3.85. The maximum absolute atomic E-state index is 13.8. The van der Waals surface area contributed by atoms with E-state index in [0.29, 0.717) is 18.0 Å². The van der Waals surface area contributed by atoms with Gasteiger partial charge in [-0.25, -0.2) is 8.42 Å². The number of carbonyl (C=O) groups is 2. The average molecular weight is 538 g/mol. The summed E-state index contributed by atoms with van der Waals surface area (Å²) in [5.41, 5.74) is 3.20. The molecule has 0 unspecified atom stereocenters. The summed E-state index contributed by atoms with van der Waals surface area (Å²) in [5.74, 6) is -0.295. The molecule has 0 heterocycles. The molecule has 0 aliphatic heterocycles. The van der Waals surface area contributed by atoms with Crippen LogP contribution in [0, 0.1) is 13.8 Å². The fourth-order valence-electron chi connectivity index (χ4n) is 3.91. The third kappa shape index (κ3) is 6.92. The average Bonchev–Trinajstić information content (AvgIpc) is 2.91. The normalized spacial score (nSPS) is 11.9. The number of benzene rings is 3. The minimum Gasteiger partial charge on any atom is -0.497 e. The second kappa shape index (κ2) is 12.6. The molecule has 8 nitrogen and oxygen atoms in total. The van der Waals surface area contributed by atoms with Crippen LogP contribution in [0.25, 0.3) is 0 Å². The van der Waals surface area contributed by atoms with Crippen LogP contribution in [0.3, 0.4) is 0 Å². The van der Waals surface area contributed by atoms with Gasteiger partial charge in [-0.2, -0.15) is 0 Å². The third-order valence-electron chi connectivity index (χ3n) is 6.24. The van der Waals surface area contributed by atoms with Crippen LogP contribution >= 0.6 is 0 Å². The van der Waals surface area contributed by atoms with Crippen molar-refractivity contribution >= 4 is 27.5 Å². The molecule has 0 aliphatic rings. The molecule has 0 bridgehead atoms. The summed E-state index contributed by atoms with van der Waals surface area (Å²) in [6.07, 6.45) is 0. The molecule has 202 valence electrons. The zero-order valence-corrected chi connectivity index (χ0v) is 23.3. The van der Waals surface area contributed by atoms with Crippen molar-refractivity contribution < 1.29 is 22.7 Å². The molecule has 0 spiro atoms. The van der Waals surface area contributed by atoms with Crippen LogP contribution in [0.15, 0.2) is 77.7 Å². The van der Waals surface area contributed by atoms with Crippen molar-refractivity contribution in [1.82, 2.24) is 10.2 Å². The van der Waals surface area contributed by atoms with E-state index >= 15 is 0 Å². The number of sulfonamides is 1. The predicted molar refractivity (Wildman–Crippen MR) is 149 cm³/mol. The number of anilines is 1. The molecule has 0 radical (unpaired) electrons. The van der Waals surface area contributed by atoms with E-state index in [9.17, 15) is 18.0 Å². The Balaban J connectivity index is 2.01. The van der Waals surface area contributed by atoms with Gasteiger partial charge in [0.05, 0.1) is 17.7 Å². The maximum atomic E-state index is 13.8. The molecular weight excluding hydrogens is 502 g/mol. The van der Waals surface area contributed by atoms with E-state index in [1.54, 1.807) is 50.2 Å². The summed E-state index contributed by atoms with van der Waals surface area (Å²) >= 11 is 0. The first kappa shape index (κ1) is 28.7.